The molecule has 2 N–H and O–H groups in total. The lowest BCUT2D eigenvalue weighted by Gasteiger charge is -2.17. The number of nitrogens with zero attached hydrogens (tertiary/aromatic N) is 1. The smallest absolute Gasteiger partial charge is 0.338 e. The fraction of sp³-hybridized carbons (Fsp3) is 0.368. The third-order valence-corrected chi connectivity index (χ3v) is 4.16. The summed E-state index contributed by atoms with van der Waals surface area (Å²) in [5, 5.41) is 6.60. The average molecular weight is 375 g/mol. The van der Waals surface area contributed by atoms with E-state index in [1.54, 1.807) is 30.5 Å². The summed E-state index contributed by atoms with van der Waals surface area (Å²) in [4.78, 5) is 14.3. The molecule has 0 aliphatic heterocycles. The number of nitrogens with one attached hydrogen (secondary N) is 2. The van der Waals surface area contributed by atoms with Crippen LogP contribution in [0.4, 0.5) is 5.69 Å². The average Bonchev–Trinajstić information content (AvgIpc) is 3.18. The van der Waals surface area contributed by atoms with Crippen LogP contribution in [0, 0.1) is 0 Å². The molecule has 0 aliphatic rings. The van der Waals surface area contributed by atoms with Gasteiger partial charge in [0, 0.05) is 12.2 Å². The number of benzene rings is 1. The first-order valence-electron chi connectivity index (χ1n) is 8.69. The SMILES string of the molecule is CCN(CC)CCOC(=O)c1ccc(NC(=S)NCc2ccco2)cc1. The number of anilines is 1. The van der Waals surface area contributed by atoms with Crippen LogP contribution in [0.1, 0.15) is 30.0 Å². The summed E-state index contributed by atoms with van der Waals surface area (Å²) in [6.07, 6.45) is 1.62. The van der Waals surface area contributed by atoms with Crippen LogP contribution in [0.5, 0.6) is 0 Å². The summed E-state index contributed by atoms with van der Waals surface area (Å²) >= 11 is 5.24. The topological polar surface area (TPSA) is 66.7 Å². The Balaban J connectivity index is 1.76. The maximum Gasteiger partial charge on any atom is 0.338 e. The summed E-state index contributed by atoms with van der Waals surface area (Å²) < 4.78 is 10.5. The van der Waals surface area contributed by atoms with Crippen molar-refractivity contribution in [1.29, 1.82) is 0 Å². The Morgan fingerprint density at radius 1 is 1.19 bits per heavy atom. The van der Waals surface area contributed by atoms with Crippen LogP contribution in [0.2, 0.25) is 0 Å². The van der Waals surface area contributed by atoms with Crippen LogP contribution in [0.25, 0.3) is 0 Å². The first-order valence-corrected chi connectivity index (χ1v) is 9.10. The number of thiocarbonyl (C=S) groups is 1. The van der Waals surface area contributed by atoms with E-state index in [0.29, 0.717) is 23.8 Å². The highest BCUT2D eigenvalue weighted by molar-refractivity contribution is 7.80. The lowest BCUT2D eigenvalue weighted by molar-refractivity contribution is 0.0466. The van der Waals surface area contributed by atoms with Crippen molar-refractivity contribution < 1.29 is 13.9 Å². The van der Waals surface area contributed by atoms with Gasteiger partial charge in [-0.1, -0.05) is 13.8 Å². The number of esters is 1. The predicted molar refractivity (Wildman–Crippen MR) is 106 cm³/mol. The van der Waals surface area contributed by atoms with Crippen molar-refractivity contribution >= 4 is 29.0 Å². The van der Waals surface area contributed by atoms with E-state index in [2.05, 4.69) is 29.4 Å². The fourth-order valence-electron chi connectivity index (χ4n) is 2.34. The van der Waals surface area contributed by atoms with E-state index in [-0.39, 0.29) is 5.97 Å². The first kappa shape index (κ1) is 19.9. The second-order valence-corrected chi connectivity index (χ2v) is 6.04. The number of rotatable bonds is 9. The van der Waals surface area contributed by atoms with Crippen molar-refractivity contribution in [2.45, 2.75) is 20.4 Å². The van der Waals surface area contributed by atoms with E-state index < -0.39 is 0 Å². The largest absolute Gasteiger partial charge is 0.467 e. The number of ether oxygens (including phenoxy) is 1. The quantitative estimate of drug-likeness (QED) is 0.515. The Morgan fingerprint density at radius 2 is 1.92 bits per heavy atom. The first-order chi connectivity index (χ1) is 12.6. The molecule has 26 heavy (non-hydrogen) atoms. The highest BCUT2D eigenvalue weighted by atomic mass is 32.1. The van der Waals surface area contributed by atoms with Crippen molar-refractivity contribution in [3.05, 3.63) is 54.0 Å². The molecule has 0 unspecified atom stereocenters. The van der Waals surface area contributed by atoms with E-state index in [1.165, 1.54) is 0 Å². The molecule has 7 heteroatoms. The van der Waals surface area contributed by atoms with Gasteiger partial charge in [-0.15, -0.1) is 0 Å². The number of hydrogen-bond donors (Lipinski definition) is 2. The van der Waals surface area contributed by atoms with Gasteiger partial charge >= 0.3 is 5.97 Å². The van der Waals surface area contributed by atoms with E-state index in [0.717, 1.165) is 31.1 Å². The van der Waals surface area contributed by atoms with Gasteiger partial charge in [0.1, 0.15) is 12.4 Å². The van der Waals surface area contributed by atoms with Crippen molar-refractivity contribution in [3.8, 4) is 0 Å². The fourth-order valence-corrected chi connectivity index (χ4v) is 2.53. The van der Waals surface area contributed by atoms with Crippen molar-refractivity contribution in [2.75, 3.05) is 31.6 Å². The third-order valence-electron chi connectivity index (χ3n) is 3.92. The van der Waals surface area contributed by atoms with E-state index in [9.17, 15) is 4.79 Å². The number of carbonyl (C=O) groups excluding carboxylic acids is 1. The zero-order chi connectivity index (χ0) is 18.8. The molecule has 0 atom stereocenters. The summed E-state index contributed by atoms with van der Waals surface area (Å²) in [5.74, 6) is 0.485. The Hall–Kier alpha value is -2.38. The van der Waals surface area contributed by atoms with E-state index in [1.807, 2.05) is 12.1 Å². The highest BCUT2D eigenvalue weighted by Gasteiger charge is 2.08. The Morgan fingerprint density at radius 3 is 2.54 bits per heavy atom. The van der Waals surface area contributed by atoms with Gasteiger partial charge in [-0.3, -0.25) is 0 Å². The molecule has 140 valence electrons. The molecule has 1 aromatic heterocycles. The lowest BCUT2D eigenvalue weighted by Crippen LogP contribution is -2.28. The van der Waals surface area contributed by atoms with Crippen LogP contribution in [-0.4, -0.2) is 42.2 Å². The van der Waals surface area contributed by atoms with Crippen LogP contribution in [0.15, 0.2) is 47.1 Å². The summed E-state index contributed by atoms with van der Waals surface area (Å²) in [5.41, 5.74) is 1.31. The third kappa shape index (κ3) is 6.50. The maximum atomic E-state index is 12.1. The van der Waals surface area contributed by atoms with Gasteiger partial charge in [0.15, 0.2) is 5.11 Å². The molecule has 0 bridgehead atoms. The van der Waals surface area contributed by atoms with Gasteiger partial charge in [0.05, 0.1) is 18.4 Å². The number of carbonyl (C=O) groups is 1. The van der Waals surface area contributed by atoms with Crippen LogP contribution >= 0.6 is 12.2 Å². The number of likely N-dealkylation sites (N-methyl/N-ethyl adjacent to an activating group) is 1. The molecule has 0 aliphatic carbocycles. The summed E-state index contributed by atoms with van der Waals surface area (Å²) in [7, 11) is 0. The second-order valence-electron chi connectivity index (χ2n) is 5.63. The molecule has 6 nitrogen and oxygen atoms in total. The van der Waals surface area contributed by atoms with Gasteiger partial charge in [-0.2, -0.15) is 0 Å². The van der Waals surface area contributed by atoms with Crippen molar-refractivity contribution in [1.82, 2.24) is 10.2 Å². The molecule has 2 aromatic rings. The molecule has 0 spiro atoms. The molecule has 0 fully saturated rings. The minimum atomic E-state index is -0.317. The van der Waals surface area contributed by atoms with Crippen LogP contribution < -0.4 is 10.6 Å². The normalized spacial score (nSPS) is 10.6. The minimum Gasteiger partial charge on any atom is -0.467 e. The molecule has 1 heterocycles. The molecule has 0 radical (unpaired) electrons. The molecule has 0 saturated heterocycles. The highest BCUT2D eigenvalue weighted by Crippen LogP contribution is 2.11. The second kappa shape index (κ2) is 10.6. The van der Waals surface area contributed by atoms with E-state index >= 15 is 0 Å². The predicted octanol–water partition coefficient (Wildman–Crippen LogP) is 3.26. The molecule has 2 rings (SSSR count). The Bertz CT molecular complexity index is 683. The number of hydrogen-bond acceptors (Lipinski definition) is 5. The van der Waals surface area contributed by atoms with Crippen molar-refractivity contribution in [3.63, 3.8) is 0 Å². The lowest BCUT2D eigenvalue weighted by atomic mass is 10.2. The number of furan rings is 1. The van der Waals surface area contributed by atoms with Gasteiger partial charge in [-0.05, 0) is 61.7 Å². The summed E-state index contributed by atoms with van der Waals surface area (Å²) in [6, 6.07) is 10.7. The van der Waals surface area contributed by atoms with Crippen LogP contribution in [-0.2, 0) is 11.3 Å². The summed E-state index contributed by atoms with van der Waals surface area (Å²) in [6.45, 7) is 7.71. The van der Waals surface area contributed by atoms with Crippen LogP contribution in [0.3, 0.4) is 0 Å². The molecule has 1 aromatic carbocycles. The molecule has 0 saturated carbocycles. The Kier molecular flexibility index (Phi) is 8.11. The van der Waals surface area contributed by atoms with Gasteiger partial charge in [-0.25, -0.2) is 4.79 Å². The monoisotopic (exact) mass is 375 g/mol. The van der Waals surface area contributed by atoms with Gasteiger partial charge in [0.25, 0.3) is 0 Å². The molecular weight excluding hydrogens is 350 g/mol. The standard InChI is InChI=1S/C19H25N3O3S/c1-3-22(4-2)11-13-25-18(23)15-7-9-16(10-8-15)21-19(26)20-14-17-6-5-12-24-17/h5-10,12H,3-4,11,13-14H2,1-2H3,(H2,20,21,26). The Labute approximate surface area is 159 Å². The van der Waals surface area contributed by atoms with Gasteiger partial charge < -0.3 is 24.7 Å². The van der Waals surface area contributed by atoms with Crippen molar-refractivity contribution in [2.24, 2.45) is 0 Å². The van der Waals surface area contributed by atoms with Gasteiger partial charge in [0.2, 0.25) is 0 Å². The maximum absolute atomic E-state index is 12.1. The molecular formula is C19H25N3O3S. The zero-order valence-electron chi connectivity index (χ0n) is 15.2. The molecule has 0 amide bonds. The van der Waals surface area contributed by atoms with E-state index in [4.69, 9.17) is 21.4 Å². The minimum absolute atomic E-state index is 0.317. The zero-order valence-corrected chi connectivity index (χ0v) is 16.0.